The topological polar surface area (TPSA) is 81.5 Å². The van der Waals surface area contributed by atoms with Crippen LogP contribution in [0, 0.1) is 0 Å². The van der Waals surface area contributed by atoms with Crippen LogP contribution >= 0.6 is 0 Å². The van der Waals surface area contributed by atoms with Gasteiger partial charge in [0.1, 0.15) is 24.5 Å². The molecule has 0 fully saturated rings. The molecule has 0 aliphatic rings. The van der Waals surface area contributed by atoms with Gasteiger partial charge in [-0.15, -0.1) is 0 Å². The SMILES string of the molecule is CCOc1ccc2[nH]c(C(C)n3cncn3)nc2n1. The van der Waals surface area contributed by atoms with Crippen LogP contribution in [0.5, 0.6) is 5.88 Å². The number of imidazole rings is 1. The van der Waals surface area contributed by atoms with Crippen LogP contribution in [0.1, 0.15) is 25.7 Å². The molecule has 3 aromatic rings. The van der Waals surface area contributed by atoms with Gasteiger partial charge in [0, 0.05) is 6.07 Å². The second-order valence-electron chi connectivity index (χ2n) is 4.13. The highest BCUT2D eigenvalue weighted by atomic mass is 16.5. The Morgan fingerprint density at radius 2 is 2.26 bits per heavy atom. The number of aromatic nitrogens is 6. The first kappa shape index (κ1) is 11.6. The summed E-state index contributed by atoms with van der Waals surface area (Å²) in [5.41, 5.74) is 1.53. The molecule has 1 atom stereocenters. The molecule has 1 unspecified atom stereocenters. The Labute approximate surface area is 109 Å². The van der Waals surface area contributed by atoms with Crippen molar-refractivity contribution in [1.29, 1.82) is 0 Å². The molecule has 7 nitrogen and oxygen atoms in total. The van der Waals surface area contributed by atoms with E-state index in [0.29, 0.717) is 18.1 Å². The molecule has 98 valence electrons. The minimum atomic E-state index is -0.0211. The Morgan fingerprint density at radius 1 is 1.37 bits per heavy atom. The van der Waals surface area contributed by atoms with Gasteiger partial charge in [0.05, 0.1) is 12.1 Å². The Balaban J connectivity index is 1.97. The number of ether oxygens (including phenoxy) is 1. The summed E-state index contributed by atoms with van der Waals surface area (Å²) in [5, 5.41) is 4.11. The zero-order chi connectivity index (χ0) is 13.2. The lowest BCUT2D eigenvalue weighted by Crippen LogP contribution is -2.08. The molecule has 0 aromatic carbocycles. The van der Waals surface area contributed by atoms with Crippen molar-refractivity contribution in [2.45, 2.75) is 19.9 Å². The molecule has 0 saturated carbocycles. The van der Waals surface area contributed by atoms with Gasteiger partial charge in [-0.05, 0) is 19.9 Å². The molecule has 7 heteroatoms. The second-order valence-corrected chi connectivity index (χ2v) is 4.13. The Hall–Kier alpha value is -2.44. The molecule has 3 rings (SSSR count). The fraction of sp³-hybridized carbons (Fsp3) is 0.333. The number of fused-ring (bicyclic) bond motifs is 1. The van der Waals surface area contributed by atoms with Gasteiger partial charge in [0.15, 0.2) is 5.65 Å². The molecule has 0 amide bonds. The summed E-state index contributed by atoms with van der Waals surface area (Å²) in [7, 11) is 0. The van der Waals surface area contributed by atoms with Gasteiger partial charge in [-0.25, -0.2) is 14.6 Å². The Kier molecular flexibility index (Phi) is 2.86. The average Bonchev–Trinajstić information content (AvgIpc) is 3.07. The molecule has 3 heterocycles. The first-order chi connectivity index (χ1) is 9.28. The zero-order valence-corrected chi connectivity index (χ0v) is 10.7. The Morgan fingerprint density at radius 3 is 3.00 bits per heavy atom. The molecule has 19 heavy (non-hydrogen) atoms. The quantitative estimate of drug-likeness (QED) is 0.768. The molecule has 0 bridgehead atoms. The van der Waals surface area contributed by atoms with E-state index in [4.69, 9.17) is 4.74 Å². The van der Waals surface area contributed by atoms with Crippen molar-refractivity contribution in [1.82, 2.24) is 29.7 Å². The van der Waals surface area contributed by atoms with Crippen molar-refractivity contribution in [2.75, 3.05) is 6.61 Å². The van der Waals surface area contributed by atoms with Crippen LogP contribution in [0.2, 0.25) is 0 Å². The predicted molar refractivity (Wildman–Crippen MR) is 68.9 cm³/mol. The number of hydrogen-bond acceptors (Lipinski definition) is 5. The van der Waals surface area contributed by atoms with Crippen LogP contribution in [0.15, 0.2) is 24.8 Å². The summed E-state index contributed by atoms with van der Waals surface area (Å²) in [4.78, 5) is 16.0. The lowest BCUT2D eigenvalue weighted by atomic mass is 10.3. The standard InChI is InChI=1S/C12H14N6O/c1-3-19-10-5-4-9-12(16-10)17-11(15-9)8(2)18-7-13-6-14-18/h4-8H,3H2,1-2H3,(H,15,16,17). The number of H-pyrrole nitrogens is 1. The molecular weight excluding hydrogens is 244 g/mol. The van der Waals surface area contributed by atoms with Crippen molar-refractivity contribution in [3.8, 4) is 5.88 Å². The van der Waals surface area contributed by atoms with Crippen molar-refractivity contribution in [3.63, 3.8) is 0 Å². The van der Waals surface area contributed by atoms with Gasteiger partial charge in [-0.2, -0.15) is 10.1 Å². The lowest BCUT2D eigenvalue weighted by Gasteiger charge is -2.06. The van der Waals surface area contributed by atoms with Crippen molar-refractivity contribution >= 4 is 11.2 Å². The van der Waals surface area contributed by atoms with Crippen LogP contribution in [0.3, 0.4) is 0 Å². The summed E-state index contributed by atoms with van der Waals surface area (Å²) < 4.78 is 7.10. The molecule has 0 spiro atoms. The van der Waals surface area contributed by atoms with Gasteiger partial charge in [0.25, 0.3) is 0 Å². The van der Waals surface area contributed by atoms with Gasteiger partial charge < -0.3 is 9.72 Å². The van der Waals surface area contributed by atoms with Crippen LogP contribution in [0.25, 0.3) is 11.2 Å². The smallest absolute Gasteiger partial charge is 0.215 e. The van der Waals surface area contributed by atoms with E-state index in [1.165, 1.54) is 6.33 Å². The maximum absolute atomic E-state index is 5.36. The van der Waals surface area contributed by atoms with E-state index in [9.17, 15) is 0 Å². The maximum Gasteiger partial charge on any atom is 0.215 e. The van der Waals surface area contributed by atoms with Crippen LogP contribution in [-0.2, 0) is 0 Å². The number of rotatable bonds is 4. The first-order valence-corrected chi connectivity index (χ1v) is 6.11. The van der Waals surface area contributed by atoms with E-state index in [1.54, 1.807) is 11.0 Å². The van der Waals surface area contributed by atoms with E-state index in [-0.39, 0.29) is 6.04 Å². The first-order valence-electron chi connectivity index (χ1n) is 6.11. The van der Waals surface area contributed by atoms with Gasteiger partial charge in [-0.1, -0.05) is 0 Å². The van der Waals surface area contributed by atoms with Gasteiger partial charge in [-0.3, -0.25) is 0 Å². The highest BCUT2D eigenvalue weighted by molar-refractivity contribution is 5.71. The highest BCUT2D eigenvalue weighted by Crippen LogP contribution is 2.19. The Bertz CT molecular complexity index is 675. The summed E-state index contributed by atoms with van der Waals surface area (Å²) in [6.07, 6.45) is 3.17. The van der Waals surface area contributed by atoms with E-state index < -0.39 is 0 Å². The van der Waals surface area contributed by atoms with Crippen molar-refractivity contribution < 1.29 is 4.74 Å². The number of aromatic amines is 1. The average molecular weight is 258 g/mol. The van der Waals surface area contributed by atoms with E-state index >= 15 is 0 Å². The number of nitrogens with one attached hydrogen (secondary N) is 1. The van der Waals surface area contributed by atoms with Crippen LogP contribution in [0.4, 0.5) is 0 Å². The summed E-state index contributed by atoms with van der Waals surface area (Å²) >= 11 is 0. The summed E-state index contributed by atoms with van der Waals surface area (Å²) in [6.45, 7) is 4.51. The van der Waals surface area contributed by atoms with E-state index in [1.807, 2.05) is 26.0 Å². The minimum Gasteiger partial charge on any atom is -0.478 e. The number of hydrogen-bond donors (Lipinski definition) is 1. The fourth-order valence-electron chi connectivity index (χ4n) is 1.86. The molecule has 0 saturated heterocycles. The number of pyridine rings is 1. The molecule has 1 N–H and O–H groups in total. The largest absolute Gasteiger partial charge is 0.478 e. The monoisotopic (exact) mass is 258 g/mol. The maximum atomic E-state index is 5.36. The third-order valence-corrected chi connectivity index (χ3v) is 2.86. The lowest BCUT2D eigenvalue weighted by molar-refractivity contribution is 0.328. The fourth-order valence-corrected chi connectivity index (χ4v) is 1.86. The summed E-state index contributed by atoms with van der Waals surface area (Å²) in [6, 6.07) is 3.72. The molecule has 0 aliphatic carbocycles. The van der Waals surface area contributed by atoms with E-state index in [2.05, 4.69) is 25.0 Å². The van der Waals surface area contributed by atoms with Gasteiger partial charge >= 0.3 is 0 Å². The zero-order valence-electron chi connectivity index (χ0n) is 10.7. The van der Waals surface area contributed by atoms with Crippen molar-refractivity contribution in [2.24, 2.45) is 0 Å². The minimum absolute atomic E-state index is 0.0211. The number of nitrogens with zero attached hydrogens (tertiary/aromatic N) is 5. The summed E-state index contributed by atoms with van der Waals surface area (Å²) in [5.74, 6) is 1.38. The van der Waals surface area contributed by atoms with Crippen LogP contribution in [-0.4, -0.2) is 36.3 Å². The van der Waals surface area contributed by atoms with Crippen molar-refractivity contribution in [3.05, 3.63) is 30.6 Å². The third-order valence-electron chi connectivity index (χ3n) is 2.86. The molecular formula is C12H14N6O. The predicted octanol–water partition coefficient (Wildman–Crippen LogP) is 1.56. The molecule has 3 aromatic heterocycles. The van der Waals surface area contributed by atoms with E-state index in [0.717, 1.165) is 11.3 Å². The van der Waals surface area contributed by atoms with Crippen LogP contribution < -0.4 is 4.74 Å². The second kappa shape index (κ2) is 4.68. The highest BCUT2D eigenvalue weighted by Gasteiger charge is 2.14. The molecule has 0 radical (unpaired) electrons. The third kappa shape index (κ3) is 2.14. The van der Waals surface area contributed by atoms with Gasteiger partial charge in [0.2, 0.25) is 5.88 Å². The normalized spacial score (nSPS) is 12.7. The molecule has 0 aliphatic heterocycles.